The zero-order valence-electron chi connectivity index (χ0n) is 11.5. The standard InChI is InChI=1S/C13H24N2O3/c1-9(2)10(3)14-12(16)8-15-5-4-11(7-15)6-13(17)18/h9-11H,4-8H2,1-3H3,(H,14,16)(H,17,18). The molecule has 1 saturated heterocycles. The van der Waals surface area contributed by atoms with Gasteiger partial charge in [-0.25, -0.2) is 0 Å². The van der Waals surface area contributed by atoms with Crippen molar-refractivity contribution in [3.63, 3.8) is 0 Å². The topological polar surface area (TPSA) is 69.6 Å². The third-order valence-electron chi connectivity index (χ3n) is 3.59. The Bertz CT molecular complexity index is 305. The lowest BCUT2D eigenvalue weighted by Gasteiger charge is -2.20. The summed E-state index contributed by atoms with van der Waals surface area (Å²) in [6, 6.07) is 0.176. The smallest absolute Gasteiger partial charge is 0.303 e. The molecule has 1 heterocycles. The fraction of sp³-hybridized carbons (Fsp3) is 0.846. The Morgan fingerprint density at radius 1 is 1.39 bits per heavy atom. The van der Waals surface area contributed by atoms with Gasteiger partial charge in [-0.05, 0) is 31.7 Å². The van der Waals surface area contributed by atoms with E-state index in [-0.39, 0.29) is 24.3 Å². The summed E-state index contributed by atoms with van der Waals surface area (Å²) >= 11 is 0. The fourth-order valence-electron chi connectivity index (χ4n) is 2.14. The molecule has 0 aliphatic carbocycles. The van der Waals surface area contributed by atoms with Gasteiger partial charge in [-0.1, -0.05) is 13.8 Å². The van der Waals surface area contributed by atoms with Gasteiger partial charge in [0.2, 0.25) is 5.91 Å². The highest BCUT2D eigenvalue weighted by Gasteiger charge is 2.26. The number of hydrogen-bond donors (Lipinski definition) is 2. The lowest BCUT2D eigenvalue weighted by atomic mass is 10.1. The number of carboxylic acids is 1. The van der Waals surface area contributed by atoms with E-state index in [9.17, 15) is 9.59 Å². The minimum Gasteiger partial charge on any atom is -0.481 e. The number of hydrogen-bond acceptors (Lipinski definition) is 3. The molecule has 2 atom stereocenters. The fourth-order valence-corrected chi connectivity index (χ4v) is 2.14. The molecule has 1 fully saturated rings. The summed E-state index contributed by atoms with van der Waals surface area (Å²) < 4.78 is 0. The maximum atomic E-state index is 11.8. The van der Waals surface area contributed by atoms with Crippen molar-refractivity contribution >= 4 is 11.9 Å². The molecule has 0 saturated carbocycles. The first-order chi connectivity index (χ1) is 8.38. The summed E-state index contributed by atoms with van der Waals surface area (Å²) in [5.41, 5.74) is 0. The lowest BCUT2D eigenvalue weighted by molar-refractivity contribution is -0.138. The molecule has 0 spiro atoms. The average molecular weight is 256 g/mol. The van der Waals surface area contributed by atoms with Crippen molar-refractivity contribution in [3.8, 4) is 0 Å². The van der Waals surface area contributed by atoms with Gasteiger partial charge in [0.05, 0.1) is 6.54 Å². The number of carbonyl (C=O) groups excluding carboxylic acids is 1. The molecule has 0 aromatic rings. The zero-order valence-corrected chi connectivity index (χ0v) is 11.5. The lowest BCUT2D eigenvalue weighted by Crippen LogP contribution is -2.42. The minimum atomic E-state index is -0.750. The molecule has 5 heteroatoms. The number of amides is 1. The van der Waals surface area contributed by atoms with E-state index in [1.54, 1.807) is 0 Å². The first-order valence-electron chi connectivity index (χ1n) is 6.62. The molecule has 5 nitrogen and oxygen atoms in total. The third kappa shape index (κ3) is 5.04. The van der Waals surface area contributed by atoms with Gasteiger partial charge in [-0.3, -0.25) is 14.5 Å². The molecule has 2 N–H and O–H groups in total. The van der Waals surface area contributed by atoms with Gasteiger partial charge in [0.1, 0.15) is 0 Å². The van der Waals surface area contributed by atoms with Crippen LogP contribution in [0.25, 0.3) is 0 Å². The van der Waals surface area contributed by atoms with E-state index in [0.717, 1.165) is 19.5 Å². The number of carbonyl (C=O) groups is 2. The quantitative estimate of drug-likeness (QED) is 0.742. The van der Waals surface area contributed by atoms with Gasteiger partial charge in [-0.15, -0.1) is 0 Å². The van der Waals surface area contributed by atoms with Crippen molar-refractivity contribution < 1.29 is 14.7 Å². The molecule has 2 unspecified atom stereocenters. The highest BCUT2D eigenvalue weighted by molar-refractivity contribution is 5.78. The second-order valence-electron chi connectivity index (χ2n) is 5.59. The number of nitrogens with zero attached hydrogens (tertiary/aromatic N) is 1. The Balaban J connectivity index is 2.28. The normalized spacial score (nSPS) is 22.1. The SMILES string of the molecule is CC(C)C(C)NC(=O)CN1CCC(CC(=O)O)C1. The van der Waals surface area contributed by atoms with Gasteiger partial charge in [0.15, 0.2) is 0 Å². The summed E-state index contributed by atoms with van der Waals surface area (Å²) in [6.45, 7) is 8.07. The van der Waals surface area contributed by atoms with Crippen LogP contribution in [0.4, 0.5) is 0 Å². The van der Waals surface area contributed by atoms with Crippen LogP contribution < -0.4 is 5.32 Å². The predicted octanol–water partition coefficient (Wildman–Crippen LogP) is 0.944. The molecule has 0 aromatic heterocycles. The molecular weight excluding hydrogens is 232 g/mol. The van der Waals surface area contributed by atoms with E-state index in [1.165, 1.54) is 0 Å². The second kappa shape index (κ2) is 6.73. The number of rotatable bonds is 6. The van der Waals surface area contributed by atoms with Crippen LogP contribution in [-0.4, -0.2) is 47.6 Å². The van der Waals surface area contributed by atoms with Gasteiger partial charge < -0.3 is 10.4 Å². The van der Waals surface area contributed by atoms with E-state index < -0.39 is 5.97 Å². The Morgan fingerprint density at radius 3 is 2.61 bits per heavy atom. The van der Waals surface area contributed by atoms with Crippen LogP contribution in [0.2, 0.25) is 0 Å². The molecule has 0 aromatic carbocycles. The second-order valence-corrected chi connectivity index (χ2v) is 5.59. The van der Waals surface area contributed by atoms with Gasteiger partial charge >= 0.3 is 5.97 Å². The Hall–Kier alpha value is -1.10. The number of aliphatic carboxylic acids is 1. The number of nitrogens with one attached hydrogen (secondary N) is 1. The summed E-state index contributed by atoms with van der Waals surface area (Å²) in [5.74, 6) is -0.1000. The minimum absolute atomic E-state index is 0.0344. The van der Waals surface area contributed by atoms with Crippen LogP contribution in [0, 0.1) is 11.8 Å². The van der Waals surface area contributed by atoms with Crippen molar-refractivity contribution in [1.29, 1.82) is 0 Å². The van der Waals surface area contributed by atoms with E-state index in [0.29, 0.717) is 12.5 Å². The van der Waals surface area contributed by atoms with E-state index in [2.05, 4.69) is 19.2 Å². The van der Waals surface area contributed by atoms with Crippen LogP contribution in [0.3, 0.4) is 0 Å². The van der Waals surface area contributed by atoms with E-state index in [4.69, 9.17) is 5.11 Å². The Morgan fingerprint density at radius 2 is 2.06 bits per heavy atom. The zero-order chi connectivity index (χ0) is 13.7. The molecule has 18 heavy (non-hydrogen) atoms. The summed E-state index contributed by atoms with van der Waals surface area (Å²) in [4.78, 5) is 24.4. The van der Waals surface area contributed by atoms with E-state index in [1.807, 2.05) is 11.8 Å². The maximum absolute atomic E-state index is 11.8. The van der Waals surface area contributed by atoms with Gasteiger partial charge in [-0.2, -0.15) is 0 Å². The molecule has 104 valence electrons. The largest absolute Gasteiger partial charge is 0.481 e. The first-order valence-corrected chi connectivity index (χ1v) is 6.62. The number of likely N-dealkylation sites (tertiary alicyclic amines) is 1. The van der Waals surface area contributed by atoms with Crippen molar-refractivity contribution in [1.82, 2.24) is 10.2 Å². The molecule has 1 rings (SSSR count). The highest BCUT2D eigenvalue weighted by Crippen LogP contribution is 2.18. The first kappa shape index (κ1) is 15.0. The monoisotopic (exact) mass is 256 g/mol. The molecule has 1 amide bonds. The Labute approximate surface area is 109 Å². The van der Waals surface area contributed by atoms with Crippen molar-refractivity contribution in [2.24, 2.45) is 11.8 Å². The molecule has 0 radical (unpaired) electrons. The van der Waals surface area contributed by atoms with Crippen LogP contribution in [0.5, 0.6) is 0 Å². The van der Waals surface area contributed by atoms with Crippen molar-refractivity contribution in [2.45, 2.75) is 39.7 Å². The average Bonchev–Trinajstić information content (AvgIpc) is 2.63. The molecule has 0 bridgehead atoms. The summed E-state index contributed by atoms with van der Waals surface area (Å²) in [6.07, 6.45) is 1.08. The third-order valence-corrected chi connectivity index (χ3v) is 3.59. The Kier molecular flexibility index (Phi) is 5.59. The van der Waals surface area contributed by atoms with Crippen LogP contribution in [0.1, 0.15) is 33.6 Å². The van der Waals surface area contributed by atoms with Gasteiger partial charge in [0.25, 0.3) is 0 Å². The van der Waals surface area contributed by atoms with Crippen molar-refractivity contribution in [2.75, 3.05) is 19.6 Å². The molecule has 1 aliphatic heterocycles. The molecular formula is C13H24N2O3. The van der Waals surface area contributed by atoms with Crippen LogP contribution >= 0.6 is 0 Å². The maximum Gasteiger partial charge on any atom is 0.303 e. The summed E-state index contributed by atoms with van der Waals surface area (Å²) in [7, 11) is 0. The van der Waals surface area contributed by atoms with Crippen molar-refractivity contribution in [3.05, 3.63) is 0 Å². The molecule has 1 aliphatic rings. The van der Waals surface area contributed by atoms with Crippen LogP contribution in [0.15, 0.2) is 0 Å². The number of carboxylic acid groups (broad SMARTS) is 1. The predicted molar refractivity (Wildman–Crippen MR) is 69.2 cm³/mol. The van der Waals surface area contributed by atoms with E-state index >= 15 is 0 Å². The van der Waals surface area contributed by atoms with Crippen LogP contribution in [-0.2, 0) is 9.59 Å². The summed E-state index contributed by atoms with van der Waals surface area (Å²) in [5, 5.41) is 11.7. The highest BCUT2D eigenvalue weighted by atomic mass is 16.4. The van der Waals surface area contributed by atoms with Gasteiger partial charge in [0, 0.05) is 19.0 Å².